The number of nitrogens with one attached hydrogen (secondary N) is 1. The fourth-order valence-electron chi connectivity index (χ4n) is 5.39. The van der Waals surface area contributed by atoms with Gasteiger partial charge in [0.15, 0.2) is 0 Å². The Bertz CT molecular complexity index is 850. The Morgan fingerprint density at radius 3 is 1.11 bits per heavy atom. The zero-order valence-electron chi connectivity index (χ0n) is 33.5. The van der Waals surface area contributed by atoms with Gasteiger partial charge in [-0.2, -0.15) is 0 Å². The van der Waals surface area contributed by atoms with E-state index in [0.29, 0.717) is 106 Å². The topological polar surface area (TPSA) is 112 Å². The molecule has 0 saturated carbocycles. The molecule has 0 aromatic heterocycles. The summed E-state index contributed by atoms with van der Waals surface area (Å²) < 4.78 is 49.4. The molecule has 310 valence electrons. The van der Waals surface area contributed by atoms with Gasteiger partial charge >= 0.3 is 6.09 Å². The summed E-state index contributed by atoms with van der Waals surface area (Å²) in [6.07, 6.45) is 21.7. The highest BCUT2D eigenvalue weighted by Gasteiger charge is 2.02. The largest absolute Gasteiger partial charge is 0.445 e. The van der Waals surface area contributed by atoms with Gasteiger partial charge in [0.2, 0.25) is 0 Å². The van der Waals surface area contributed by atoms with Gasteiger partial charge in [0.05, 0.1) is 99.1 Å². The first-order valence-electron chi connectivity index (χ1n) is 20.9. The molecule has 1 amide bonds. The van der Waals surface area contributed by atoms with E-state index in [1.807, 2.05) is 30.3 Å². The molecular weight excluding hydrogens is 678 g/mol. The lowest BCUT2D eigenvalue weighted by molar-refractivity contribution is -0.0230. The van der Waals surface area contributed by atoms with Crippen molar-refractivity contribution in [3.63, 3.8) is 0 Å². The Morgan fingerprint density at radius 1 is 0.415 bits per heavy atom. The Hall–Kier alpha value is -1.83. The number of unbranched alkanes of at least 4 members (excludes halogenated alkanes) is 15. The third-order valence-electron chi connectivity index (χ3n) is 8.47. The fourth-order valence-corrected chi connectivity index (χ4v) is 5.39. The summed E-state index contributed by atoms with van der Waals surface area (Å²) in [5.74, 6) is 0. The monoisotopic (exact) mass is 756 g/mol. The first-order chi connectivity index (χ1) is 26.3. The number of amides is 1. The van der Waals surface area contributed by atoms with E-state index in [4.69, 9.17) is 42.6 Å². The maximum atomic E-state index is 11.7. The van der Waals surface area contributed by atoms with Crippen LogP contribution in [0, 0.1) is 0 Å². The summed E-state index contributed by atoms with van der Waals surface area (Å²) in [7, 11) is 0. The van der Waals surface area contributed by atoms with Crippen molar-refractivity contribution in [3.05, 3.63) is 35.9 Å². The minimum atomic E-state index is -0.462. The highest BCUT2D eigenvalue weighted by Crippen LogP contribution is 2.13. The Balaban J connectivity index is 1.62. The zero-order chi connectivity index (χ0) is 37.8. The smallest absolute Gasteiger partial charge is 0.407 e. The quantitative estimate of drug-likeness (QED) is 0.0654. The summed E-state index contributed by atoms with van der Waals surface area (Å²) in [4.78, 5) is 11.7. The maximum Gasteiger partial charge on any atom is 0.407 e. The average molecular weight is 756 g/mol. The Labute approximate surface area is 322 Å². The maximum absolute atomic E-state index is 11.7. The van der Waals surface area contributed by atoms with Crippen LogP contribution in [0.3, 0.4) is 0 Å². The predicted molar refractivity (Wildman–Crippen MR) is 211 cm³/mol. The molecular formula is C42H77NO10. The van der Waals surface area contributed by atoms with Crippen molar-refractivity contribution in [2.45, 2.75) is 116 Å². The molecule has 0 fully saturated rings. The van der Waals surface area contributed by atoms with Crippen LogP contribution >= 0.6 is 0 Å². The second-order valence-electron chi connectivity index (χ2n) is 13.2. The van der Waals surface area contributed by atoms with Crippen LogP contribution in [0.5, 0.6) is 0 Å². The molecule has 0 radical (unpaired) electrons. The summed E-state index contributed by atoms with van der Waals surface area (Å²) in [5.41, 5.74) is 0.944. The molecule has 1 aromatic rings. The van der Waals surface area contributed by atoms with Crippen LogP contribution in [-0.4, -0.2) is 118 Å². The second kappa shape index (κ2) is 42.9. The standard InChI is InChI=1S/C42H77NO10/c1-2-3-4-5-6-7-8-9-10-11-12-13-14-15-16-20-24-45-26-28-47-30-32-49-34-36-51-38-39-52-37-35-50-33-31-48-29-27-46-25-23-43-42(44)53-40-41-21-18-17-19-22-41/h17-19,21-22H,2-16,20,23-40H2,1H3,(H,43,44). The number of benzene rings is 1. The lowest BCUT2D eigenvalue weighted by Gasteiger charge is -2.09. The number of hydrogen-bond donors (Lipinski definition) is 1. The van der Waals surface area contributed by atoms with Gasteiger partial charge in [0.25, 0.3) is 0 Å². The van der Waals surface area contributed by atoms with Crippen LogP contribution in [0.1, 0.15) is 115 Å². The summed E-state index contributed by atoms with van der Waals surface area (Å²) in [6, 6.07) is 9.54. The van der Waals surface area contributed by atoms with Gasteiger partial charge in [0, 0.05) is 13.2 Å². The van der Waals surface area contributed by atoms with Crippen molar-refractivity contribution in [2.24, 2.45) is 0 Å². The number of alkyl carbamates (subject to hydrolysis) is 1. The van der Waals surface area contributed by atoms with Gasteiger partial charge in [0.1, 0.15) is 6.61 Å². The zero-order valence-corrected chi connectivity index (χ0v) is 33.5. The second-order valence-corrected chi connectivity index (χ2v) is 13.2. The Morgan fingerprint density at radius 2 is 0.736 bits per heavy atom. The molecule has 1 N–H and O–H groups in total. The normalized spacial score (nSPS) is 11.3. The fraction of sp³-hybridized carbons (Fsp3) is 0.833. The van der Waals surface area contributed by atoms with Gasteiger partial charge in [-0.25, -0.2) is 4.79 Å². The molecule has 0 spiro atoms. The van der Waals surface area contributed by atoms with E-state index in [0.717, 1.165) is 18.6 Å². The van der Waals surface area contributed by atoms with Gasteiger partial charge in [-0.05, 0) is 12.0 Å². The van der Waals surface area contributed by atoms with Crippen molar-refractivity contribution in [1.82, 2.24) is 5.32 Å². The summed E-state index contributed by atoms with van der Waals surface area (Å²) in [5, 5.41) is 2.65. The molecule has 0 aliphatic rings. The SMILES string of the molecule is CCCCCCCCCCCCCCCCCCOCCOCCOCCOCCOCCOCCOCCOCCNC(=O)OCc1ccccc1. The van der Waals surface area contributed by atoms with Crippen molar-refractivity contribution >= 4 is 6.09 Å². The number of ether oxygens (including phenoxy) is 9. The van der Waals surface area contributed by atoms with Crippen LogP contribution in [0.15, 0.2) is 30.3 Å². The van der Waals surface area contributed by atoms with Crippen molar-refractivity contribution in [2.75, 3.05) is 112 Å². The first-order valence-corrected chi connectivity index (χ1v) is 20.9. The molecule has 1 rings (SSSR count). The Kier molecular flexibility index (Phi) is 39.8. The van der Waals surface area contributed by atoms with E-state index in [1.54, 1.807) is 0 Å². The number of carbonyl (C=O) groups excluding carboxylic acids is 1. The van der Waals surface area contributed by atoms with Gasteiger partial charge in [-0.1, -0.05) is 134 Å². The molecule has 53 heavy (non-hydrogen) atoms. The molecule has 0 aliphatic carbocycles. The van der Waals surface area contributed by atoms with Crippen molar-refractivity contribution < 1.29 is 47.4 Å². The van der Waals surface area contributed by atoms with E-state index in [-0.39, 0.29) is 6.61 Å². The molecule has 1 aromatic carbocycles. The number of hydrogen-bond acceptors (Lipinski definition) is 10. The average Bonchev–Trinajstić information content (AvgIpc) is 3.18. The summed E-state index contributed by atoms with van der Waals surface area (Å²) >= 11 is 0. The van der Waals surface area contributed by atoms with Crippen molar-refractivity contribution in [3.8, 4) is 0 Å². The molecule has 0 heterocycles. The van der Waals surface area contributed by atoms with Crippen LogP contribution in [0.25, 0.3) is 0 Å². The van der Waals surface area contributed by atoms with Gasteiger partial charge < -0.3 is 47.9 Å². The molecule has 11 heteroatoms. The van der Waals surface area contributed by atoms with E-state index in [2.05, 4.69) is 12.2 Å². The minimum Gasteiger partial charge on any atom is -0.445 e. The van der Waals surface area contributed by atoms with Crippen molar-refractivity contribution in [1.29, 1.82) is 0 Å². The van der Waals surface area contributed by atoms with Gasteiger partial charge in [-0.15, -0.1) is 0 Å². The van der Waals surface area contributed by atoms with E-state index in [1.165, 1.54) is 96.3 Å². The lowest BCUT2D eigenvalue weighted by Crippen LogP contribution is -2.28. The molecule has 0 unspecified atom stereocenters. The van der Waals surface area contributed by atoms with Gasteiger partial charge in [-0.3, -0.25) is 0 Å². The minimum absolute atomic E-state index is 0.244. The molecule has 0 saturated heterocycles. The number of carbonyl (C=O) groups is 1. The number of rotatable bonds is 43. The van der Waals surface area contributed by atoms with Crippen LogP contribution < -0.4 is 5.32 Å². The molecule has 0 atom stereocenters. The highest BCUT2D eigenvalue weighted by atomic mass is 16.6. The summed E-state index contributed by atoms with van der Waals surface area (Å²) in [6.45, 7) is 11.5. The molecule has 11 nitrogen and oxygen atoms in total. The van der Waals surface area contributed by atoms with E-state index < -0.39 is 6.09 Å². The third-order valence-corrected chi connectivity index (χ3v) is 8.47. The molecule has 0 bridgehead atoms. The lowest BCUT2D eigenvalue weighted by atomic mass is 10.0. The first kappa shape index (κ1) is 49.2. The van der Waals surface area contributed by atoms with Crippen LogP contribution in [0.4, 0.5) is 4.79 Å². The van der Waals surface area contributed by atoms with Crippen LogP contribution in [0.2, 0.25) is 0 Å². The van der Waals surface area contributed by atoms with Crippen LogP contribution in [-0.2, 0) is 49.2 Å². The highest BCUT2D eigenvalue weighted by molar-refractivity contribution is 5.67. The van der Waals surface area contributed by atoms with E-state index in [9.17, 15) is 4.79 Å². The molecule has 0 aliphatic heterocycles. The third kappa shape index (κ3) is 39.7. The van der Waals surface area contributed by atoms with E-state index >= 15 is 0 Å². The predicted octanol–water partition coefficient (Wildman–Crippen LogP) is 8.31.